The Labute approximate surface area is 94.4 Å². The molecule has 0 amide bonds. The van der Waals surface area contributed by atoms with E-state index in [4.69, 9.17) is 5.41 Å². The van der Waals surface area contributed by atoms with E-state index in [2.05, 4.69) is 0 Å². The molecular formula is C10H9F4NS. The van der Waals surface area contributed by atoms with Crippen molar-refractivity contribution >= 4 is 16.8 Å². The van der Waals surface area contributed by atoms with E-state index in [1.54, 1.807) is 6.26 Å². The molecule has 0 aliphatic carbocycles. The molecule has 88 valence electrons. The van der Waals surface area contributed by atoms with Crippen LogP contribution in [0.2, 0.25) is 0 Å². The van der Waals surface area contributed by atoms with Crippen LogP contribution >= 0.6 is 11.8 Å². The van der Waals surface area contributed by atoms with E-state index in [1.165, 1.54) is 0 Å². The number of rotatable bonds is 2. The highest BCUT2D eigenvalue weighted by Gasteiger charge is 2.31. The van der Waals surface area contributed by atoms with Crippen LogP contribution in [-0.2, 0) is 12.6 Å². The van der Waals surface area contributed by atoms with Gasteiger partial charge in [-0.3, -0.25) is 5.41 Å². The first-order valence-electron chi connectivity index (χ1n) is 4.31. The van der Waals surface area contributed by atoms with Crippen molar-refractivity contribution in [2.45, 2.75) is 12.6 Å². The zero-order valence-electron chi connectivity index (χ0n) is 8.36. The van der Waals surface area contributed by atoms with Crippen molar-refractivity contribution < 1.29 is 17.6 Å². The molecule has 0 radical (unpaired) electrons. The molecule has 1 aromatic rings. The summed E-state index contributed by atoms with van der Waals surface area (Å²) >= 11 is 1.12. The highest BCUT2D eigenvalue weighted by Crippen LogP contribution is 2.30. The average Bonchev–Trinajstić information content (AvgIpc) is 2.15. The first kappa shape index (κ1) is 13.0. The lowest BCUT2D eigenvalue weighted by atomic mass is 10.1. The molecule has 1 N–H and O–H groups in total. The third kappa shape index (κ3) is 3.52. The van der Waals surface area contributed by atoms with E-state index in [0.717, 1.165) is 23.9 Å². The SMILES string of the molecule is CSC(=N)Cc1cc(F)cc(C(F)(F)F)c1. The summed E-state index contributed by atoms with van der Waals surface area (Å²) in [5.41, 5.74) is -0.858. The first-order valence-corrected chi connectivity index (χ1v) is 5.53. The van der Waals surface area contributed by atoms with Crippen LogP contribution < -0.4 is 0 Å². The van der Waals surface area contributed by atoms with Crippen molar-refractivity contribution in [3.05, 3.63) is 35.1 Å². The predicted octanol–water partition coefficient (Wildman–Crippen LogP) is 3.73. The Morgan fingerprint density at radius 3 is 2.44 bits per heavy atom. The minimum atomic E-state index is -4.56. The quantitative estimate of drug-likeness (QED) is 0.483. The van der Waals surface area contributed by atoms with Crippen molar-refractivity contribution in [1.29, 1.82) is 5.41 Å². The smallest absolute Gasteiger partial charge is 0.298 e. The zero-order chi connectivity index (χ0) is 12.3. The fourth-order valence-electron chi connectivity index (χ4n) is 1.17. The molecule has 0 atom stereocenters. The standard InChI is InChI=1S/C10H9F4NS/c1-16-9(15)4-6-2-7(10(12,13)14)5-8(11)3-6/h2-3,5,15H,4H2,1H3. The molecule has 0 unspecified atom stereocenters. The van der Waals surface area contributed by atoms with Gasteiger partial charge in [0, 0.05) is 6.42 Å². The molecule has 16 heavy (non-hydrogen) atoms. The van der Waals surface area contributed by atoms with E-state index in [9.17, 15) is 17.6 Å². The summed E-state index contributed by atoms with van der Waals surface area (Å²) in [5.74, 6) is -0.932. The summed E-state index contributed by atoms with van der Waals surface area (Å²) in [6.07, 6.45) is -2.90. The van der Waals surface area contributed by atoms with Crippen LogP contribution in [0.1, 0.15) is 11.1 Å². The van der Waals surface area contributed by atoms with Crippen LogP contribution in [0.5, 0.6) is 0 Å². The van der Waals surface area contributed by atoms with E-state index in [-0.39, 0.29) is 17.0 Å². The maximum absolute atomic E-state index is 12.9. The molecule has 0 saturated carbocycles. The maximum Gasteiger partial charge on any atom is 0.416 e. The van der Waals surface area contributed by atoms with E-state index < -0.39 is 17.6 Å². The Bertz CT molecular complexity index is 400. The third-order valence-corrected chi connectivity index (χ3v) is 2.53. The van der Waals surface area contributed by atoms with Crippen molar-refractivity contribution in [1.82, 2.24) is 0 Å². The van der Waals surface area contributed by atoms with Gasteiger partial charge >= 0.3 is 6.18 Å². The lowest BCUT2D eigenvalue weighted by Crippen LogP contribution is -2.07. The van der Waals surface area contributed by atoms with Crippen molar-refractivity contribution in [3.63, 3.8) is 0 Å². The van der Waals surface area contributed by atoms with Gasteiger partial charge in [0.25, 0.3) is 0 Å². The normalized spacial score (nSPS) is 11.6. The molecule has 0 saturated heterocycles. The fourth-order valence-corrected chi connectivity index (χ4v) is 1.48. The summed E-state index contributed by atoms with van der Waals surface area (Å²) in [7, 11) is 0. The Balaban J connectivity index is 3.04. The van der Waals surface area contributed by atoms with Crippen molar-refractivity contribution in [3.8, 4) is 0 Å². The van der Waals surface area contributed by atoms with Gasteiger partial charge in [-0.15, -0.1) is 11.8 Å². The summed E-state index contributed by atoms with van der Waals surface area (Å²) in [6.45, 7) is 0. The minimum absolute atomic E-state index is 0.0159. The van der Waals surface area contributed by atoms with Crippen LogP contribution in [0.4, 0.5) is 17.6 Å². The maximum atomic E-state index is 12.9. The van der Waals surface area contributed by atoms with Gasteiger partial charge in [-0.1, -0.05) is 0 Å². The second-order valence-corrected chi connectivity index (χ2v) is 4.05. The van der Waals surface area contributed by atoms with Gasteiger partial charge in [-0.05, 0) is 30.0 Å². The van der Waals surface area contributed by atoms with Gasteiger partial charge in [-0.25, -0.2) is 4.39 Å². The second kappa shape index (κ2) is 4.86. The van der Waals surface area contributed by atoms with Gasteiger partial charge in [0.2, 0.25) is 0 Å². The Kier molecular flexibility index (Phi) is 3.96. The highest BCUT2D eigenvalue weighted by molar-refractivity contribution is 8.13. The van der Waals surface area contributed by atoms with Crippen LogP contribution in [0.25, 0.3) is 0 Å². The number of nitrogens with one attached hydrogen (secondary N) is 1. The summed E-state index contributed by atoms with van der Waals surface area (Å²) < 4.78 is 50.0. The predicted molar refractivity (Wildman–Crippen MR) is 56.3 cm³/mol. The topological polar surface area (TPSA) is 23.9 Å². The number of alkyl halides is 3. The molecule has 0 aliphatic heterocycles. The molecule has 6 heteroatoms. The van der Waals surface area contributed by atoms with Crippen molar-refractivity contribution in [2.75, 3.05) is 6.26 Å². The summed E-state index contributed by atoms with van der Waals surface area (Å²) in [6, 6.07) is 2.33. The Morgan fingerprint density at radius 1 is 1.31 bits per heavy atom. The van der Waals surface area contributed by atoms with Crippen LogP contribution in [0.15, 0.2) is 18.2 Å². The number of hydrogen-bond donors (Lipinski definition) is 1. The van der Waals surface area contributed by atoms with E-state index in [0.29, 0.717) is 6.07 Å². The van der Waals surface area contributed by atoms with E-state index in [1.807, 2.05) is 0 Å². The largest absolute Gasteiger partial charge is 0.416 e. The molecule has 0 aromatic heterocycles. The van der Waals surface area contributed by atoms with Crippen LogP contribution in [-0.4, -0.2) is 11.3 Å². The lowest BCUT2D eigenvalue weighted by Gasteiger charge is -2.09. The Hall–Kier alpha value is -1.04. The monoisotopic (exact) mass is 251 g/mol. The molecule has 1 nitrogen and oxygen atoms in total. The molecular weight excluding hydrogens is 242 g/mol. The number of hydrogen-bond acceptors (Lipinski definition) is 2. The average molecular weight is 251 g/mol. The van der Waals surface area contributed by atoms with Crippen LogP contribution in [0.3, 0.4) is 0 Å². The highest BCUT2D eigenvalue weighted by atomic mass is 32.2. The molecule has 1 aromatic carbocycles. The van der Waals surface area contributed by atoms with Gasteiger partial charge in [0.1, 0.15) is 5.82 Å². The molecule has 0 bridgehead atoms. The molecule has 0 heterocycles. The van der Waals surface area contributed by atoms with Gasteiger partial charge in [-0.2, -0.15) is 13.2 Å². The molecule has 1 rings (SSSR count). The summed E-state index contributed by atoms with van der Waals surface area (Å²) in [5, 5.41) is 7.52. The number of halogens is 4. The molecule has 0 fully saturated rings. The third-order valence-electron chi connectivity index (χ3n) is 1.90. The van der Waals surface area contributed by atoms with Gasteiger partial charge < -0.3 is 0 Å². The lowest BCUT2D eigenvalue weighted by molar-refractivity contribution is -0.137. The zero-order valence-corrected chi connectivity index (χ0v) is 9.18. The summed E-state index contributed by atoms with van der Waals surface area (Å²) in [4.78, 5) is 0. The first-order chi connectivity index (χ1) is 7.32. The molecule has 0 spiro atoms. The van der Waals surface area contributed by atoms with Crippen molar-refractivity contribution in [2.24, 2.45) is 0 Å². The Morgan fingerprint density at radius 2 is 1.94 bits per heavy atom. The van der Waals surface area contributed by atoms with Gasteiger partial charge in [0.05, 0.1) is 10.6 Å². The second-order valence-electron chi connectivity index (χ2n) is 3.15. The molecule has 0 aliphatic rings. The van der Waals surface area contributed by atoms with E-state index >= 15 is 0 Å². The van der Waals surface area contributed by atoms with Crippen LogP contribution in [0, 0.1) is 11.2 Å². The van der Waals surface area contributed by atoms with Gasteiger partial charge in [0.15, 0.2) is 0 Å². The fraction of sp³-hybridized carbons (Fsp3) is 0.300. The number of thioether (sulfide) groups is 1. The number of benzene rings is 1. The minimum Gasteiger partial charge on any atom is -0.298 e.